The molecule has 1 aliphatic carbocycles. The Labute approximate surface area is 190 Å². The summed E-state index contributed by atoms with van der Waals surface area (Å²) in [4.78, 5) is 17.9. The van der Waals surface area contributed by atoms with Crippen LogP contribution >= 0.6 is 0 Å². The number of nitrogens with one attached hydrogen (secondary N) is 2. The van der Waals surface area contributed by atoms with Gasteiger partial charge in [0.2, 0.25) is 0 Å². The summed E-state index contributed by atoms with van der Waals surface area (Å²) in [6.45, 7) is 4.13. The molecule has 9 heteroatoms. The highest BCUT2D eigenvalue weighted by molar-refractivity contribution is 5.96. The fraction of sp³-hybridized carbons (Fsp3) is 0.333. The van der Waals surface area contributed by atoms with Crippen molar-refractivity contribution in [2.24, 2.45) is 0 Å². The molecule has 2 N–H and O–H groups in total. The molecule has 0 bridgehead atoms. The standard InChI is InChI=1S/C24H25N9/c1-31-7-9-32(10-8-31)21-4-2-3-18-23(21)28-24(27-18)22-17-11-19(25-13-20(17)29-30-22)15-12-26-33(14-15)16-5-6-16/h2-4,11-14,16H,5-10H2,1H3,(H,27,28)(H,29,30). The molecule has 166 valence electrons. The van der Waals surface area contributed by atoms with E-state index in [-0.39, 0.29) is 0 Å². The van der Waals surface area contributed by atoms with E-state index in [1.807, 2.05) is 12.4 Å². The van der Waals surface area contributed by atoms with E-state index in [0.717, 1.165) is 70.9 Å². The van der Waals surface area contributed by atoms with Crippen LogP contribution in [0.1, 0.15) is 18.9 Å². The minimum atomic E-state index is 0.553. The molecule has 2 fully saturated rings. The maximum atomic E-state index is 5.01. The normalized spacial score (nSPS) is 17.4. The van der Waals surface area contributed by atoms with E-state index in [1.54, 1.807) is 0 Å². The summed E-state index contributed by atoms with van der Waals surface area (Å²) in [5, 5.41) is 13.2. The van der Waals surface area contributed by atoms with Crippen LogP contribution in [0, 0.1) is 0 Å². The van der Waals surface area contributed by atoms with Crippen molar-refractivity contribution < 1.29 is 0 Å². The van der Waals surface area contributed by atoms with Gasteiger partial charge >= 0.3 is 0 Å². The van der Waals surface area contributed by atoms with Gasteiger partial charge in [0, 0.05) is 43.3 Å². The van der Waals surface area contributed by atoms with Crippen LogP contribution in [0.5, 0.6) is 0 Å². The van der Waals surface area contributed by atoms with Crippen LogP contribution in [0.25, 0.3) is 44.7 Å². The molecule has 1 saturated heterocycles. The highest BCUT2D eigenvalue weighted by Gasteiger charge is 2.25. The molecule has 0 atom stereocenters. The van der Waals surface area contributed by atoms with Gasteiger partial charge in [-0.25, -0.2) is 4.98 Å². The molecular weight excluding hydrogens is 414 g/mol. The Morgan fingerprint density at radius 2 is 1.91 bits per heavy atom. The third-order valence-corrected chi connectivity index (χ3v) is 6.83. The van der Waals surface area contributed by atoms with Gasteiger partial charge in [-0.05, 0) is 38.1 Å². The lowest BCUT2D eigenvalue weighted by atomic mass is 10.1. The van der Waals surface area contributed by atoms with Gasteiger partial charge in [0.15, 0.2) is 5.82 Å². The van der Waals surface area contributed by atoms with Gasteiger partial charge in [-0.2, -0.15) is 10.2 Å². The number of rotatable bonds is 4. The summed E-state index contributed by atoms with van der Waals surface area (Å²) in [5.74, 6) is 0.767. The van der Waals surface area contributed by atoms with Crippen molar-refractivity contribution in [2.75, 3.05) is 38.1 Å². The first-order valence-electron chi connectivity index (χ1n) is 11.5. The summed E-state index contributed by atoms with van der Waals surface area (Å²) in [6, 6.07) is 8.98. The number of anilines is 1. The van der Waals surface area contributed by atoms with Gasteiger partial charge in [0.25, 0.3) is 0 Å². The zero-order chi connectivity index (χ0) is 21.9. The van der Waals surface area contributed by atoms with Gasteiger partial charge in [-0.15, -0.1) is 0 Å². The number of para-hydroxylation sites is 1. The van der Waals surface area contributed by atoms with E-state index >= 15 is 0 Å². The highest BCUT2D eigenvalue weighted by Crippen LogP contribution is 2.36. The van der Waals surface area contributed by atoms with Crippen molar-refractivity contribution in [3.8, 4) is 22.8 Å². The van der Waals surface area contributed by atoms with Crippen molar-refractivity contribution in [1.29, 1.82) is 0 Å². The molecule has 2 aliphatic rings. The van der Waals surface area contributed by atoms with E-state index in [1.165, 1.54) is 18.5 Å². The second-order valence-corrected chi connectivity index (χ2v) is 9.18. The van der Waals surface area contributed by atoms with Gasteiger partial charge in [-0.3, -0.25) is 14.8 Å². The molecule has 0 spiro atoms. The molecule has 1 aliphatic heterocycles. The molecular formula is C24H25N9. The average molecular weight is 440 g/mol. The zero-order valence-corrected chi connectivity index (χ0v) is 18.5. The second-order valence-electron chi connectivity index (χ2n) is 9.18. The van der Waals surface area contributed by atoms with Crippen LogP contribution in [0.4, 0.5) is 5.69 Å². The molecule has 5 heterocycles. The maximum Gasteiger partial charge on any atom is 0.159 e. The van der Waals surface area contributed by atoms with Crippen molar-refractivity contribution in [3.05, 3.63) is 42.9 Å². The van der Waals surface area contributed by atoms with Gasteiger partial charge in [-0.1, -0.05) is 6.07 Å². The fourth-order valence-electron chi connectivity index (χ4n) is 4.70. The Morgan fingerprint density at radius 1 is 1.03 bits per heavy atom. The topological polar surface area (TPSA) is 94.5 Å². The molecule has 1 aromatic carbocycles. The van der Waals surface area contributed by atoms with E-state index in [4.69, 9.17) is 4.98 Å². The molecule has 0 radical (unpaired) electrons. The summed E-state index contributed by atoms with van der Waals surface area (Å²) in [5.41, 5.74) is 6.82. The third-order valence-electron chi connectivity index (χ3n) is 6.83. The Balaban J connectivity index is 1.29. The first-order chi connectivity index (χ1) is 16.2. The Bertz CT molecular complexity index is 1460. The number of H-pyrrole nitrogens is 2. The van der Waals surface area contributed by atoms with Crippen LogP contribution in [0.2, 0.25) is 0 Å². The number of benzene rings is 1. The smallest absolute Gasteiger partial charge is 0.159 e. The van der Waals surface area contributed by atoms with Crippen LogP contribution in [0.3, 0.4) is 0 Å². The predicted octanol–water partition coefficient (Wildman–Crippen LogP) is 3.45. The summed E-state index contributed by atoms with van der Waals surface area (Å²) < 4.78 is 2.05. The SMILES string of the molecule is CN1CCN(c2cccc3[nH]c(-c4n[nH]c5cnc(-c6cnn(C7CC7)c6)cc45)nc23)CC1. The van der Waals surface area contributed by atoms with Crippen molar-refractivity contribution in [3.63, 3.8) is 0 Å². The molecule has 1 saturated carbocycles. The van der Waals surface area contributed by atoms with Crippen molar-refractivity contribution in [2.45, 2.75) is 18.9 Å². The summed E-state index contributed by atoms with van der Waals surface area (Å²) >= 11 is 0. The highest BCUT2D eigenvalue weighted by atomic mass is 15.3. The van der Waals surface area contributed by atoms with E-state index in [2.05, 4.69) is 77.3 Å². The first-order valence-corrected chi connectivity index (χ1v) is 11.5. The molecule has 0 unspecified atom stereocenters. The number of aromatic amines is 2. The molecule has 33 heavy (non-hydrogen) atoms. The van der Waals surface area contributed by atoms with Gasteiger partial charge in [0.05, 0.1) is 40.9 Å². The predicted molar refractivity (Wildman–Crippen MR) is 128 cm³/mol. The lowest BCUT2D eigenvalue weighted by Crippen LogP contribution is -2.44. The number of nitrogens with zero attached hydrogens (tertiary/aromatic N) is 7. The number of piperazine rings is 1. The minimum absolute atomic E-state index is 0.553. The lowest BCUT2D eigenvalue weighted by molar-refractivity contribution is 0.313. The monoisotopic (exact) mass is 439 g/mol. The number of hydrogen-bond acceptors (Lipinski definition) is 6. The third kappa shape index (κ3) is 3.19. The molecule has 9 nitrogen and oxygen atoms in total. The molecule has 4 aromatic heterocycles. The Morgan fingerprint density at radius 3 is 2.76 bits per heavy atom. The second kappa shape index (κ2) is 7.14. The largest absolute Gasteiger partial charge is 0.367 e. The molecule has 7 rings (SSSR count). The number of imidazole rings is 1. The number of fused-ring (bicyclic) bond motifs is 2. The molecule has 0 amide bonds. The van der Waals surface area contributed by atoms with Crippen molar-refractivity contribution in [1.82, 2.24) is 39.8 Å². The maximum absolute atomic E-state index is 5.01. The fourth-order valence-corrected chi connectivity index (χ4v) is 4.70. The lowest BCUT2D eigenvalue weighted by Gasteiger charge is -2.34. The van der Waals surface area contributed by atoms with Crippen molar-refractivity contribution >= 4 is 27.6 Å². The Kier molecular flexibility index (Phi) is 4.07. The number of hydrogen-bond donors (Lipinski definition) is 2. The van der Waals surface area contributed by atoms with E-state index in [0.29, 0.717) is 6.04 Å². The average Bonchev–Trinajstić information content (AvgIpc) is 3.23. The van der Waals surface area contributed by atoms with Gasteiger partial charge in [0.1, 0.15) is 11.2 Å². The van der Waals surface area contributed by atoms with Gasteiger partial charge < -0.3 is 14.8 Å². The summed E-state index contributed by atoms with van der Waals surface area (Å²) in [6.07, 6.45) is 8.25. The Hall–Kier alpha value is -3.72. The first kappa shape index (κ1) is 18.8. The number of aromatic nitrogens is 7. The van der Waals surface area contributed by atoms with Crippen LogP contribution < -0.4 is 4.90 Å². The quantitative estimate of drug-likeness (QED) is 0.445. The van der Waals surface area contributed by atoms with Crippen LogP contribution in [-0.4, -0.2) is 73.1 Å². The number of pyridine rings is 1. The molecule has 5 aromatic rings. The number of likely N-dealkylation sites (N-methyl/N-ethyl adjacent to an activating group) is 1. The summed E-state index contributed by atoms with van der Waals surface area (Å²) in [7, 11) is 2.17. The zero-order valence-electron chi connectivity index (χ0n) is 18.5. The van der Waals surface area contributed by atoms with E-state index < -0.39 is 0 Å². The van der Waals surface area contributed by atoms with E-state index in [9.17, 15) is 0 Å². The van der Waals surface area contributed by atoms with Crippen LogP contribution in [-0.2, 0) is 0 Å². The minimum Gasteiger partial charge on any atom is -0.367 e. The van der Waals surface area contributed by atoms with Crippen LogP contribution in [0.15, 0.2) is 42.9 Å².